The van der Waals surface area contributed by atoms with Crippen molar-refractivity contribution in [3.8, 4) is 0 Å². The number of nitrogens with one attached hydrogen (secondary N) is 1. The SMILES string of the molecule is CNCCCCN1CCc2ccc(C)cc2C1=O. The molecule has 0 aromatic heterocycles. The lowest BCUT2D eigenvalue weighted by molar-refractivity contribution is 0.0737. The van der Waals surface area contributed by atoms with E-state index in [9.17, 15) is 4.79 Å². The van der Waals surface area contributed by atoms with Gasteiger partial charge in [0.05, 0.1) is 0 Å². The standard InChI is InChI=1S/C15H22N2O/c1-12-5-6-13-7-10-17(9-4-3-8-16-2)15(18)14(13)11-12/h5-6,11,16H,3-4,7-10H2,1-2H3. The number of hydrogen-bond acceptors (Lipinski definition) is 2. The normalized spacial score (nSPS) is 14.8. The van der Waals surface area contributed by atoms with Gasteiger partial charge in [-0.1, -0.05) is 17.7 Å². The van der Waals surface area contributed by atoms with Crippen LogP contribution in [0, 0.1) is 6.92 Å². The third kappa shape index (κ3) is 2.91. The van der Waals surface area contributed by atoms with Crippen LogP contribution in [0.5, 0.6) is 0 Å². The van der Waals surface area contributed by atoms with E-state index in [-0.39, 0.29) is 5.91 Å². The van der Waals surface area contributed by atoms with Crippen LogP contribution in [0.3, 0.4) is 0 Å². The Morgan fingerprint density at radius 3 is 2.94 bits per heavy atom. The molecule has 1 N–H and O–H groups in total. The van der Waals surface area contributed by atoms with Crippen molar-refractivity contribution in [2.24, 2.45) is 0 Å². The van der Waals surface area contributed by atoms with E-state index < -0.39 is 0 Å². The van der Waals surface area contributed by atoms with Gasteiger partial charge in [-0.3, -0.25) is 4.79 Å². The molecule has 1 heterocycles. The second-order valence-corrected chi connectivity index (χ2v) is 5.01. The molecule has 1 aromatic carbocycles. The highest BCUT2D eigenvalue weighted by Crippen LogP contribution is 2.20. The van der Waals surface area contributed by atoms with Crippen LogP contribution in [0.15, 0.2) is 18.2 Å². The van der Waals surface area contributed by atoms with Gasteiger partial charge in [0.15, 0.2) is 0 Å². The molecular weight excluding hydrogens is 224 g/mol. The summed E-state index contributed by atoms with van der Waals surface area (Å²) >= 11 is 0. The summed E-state index contributed by atoms with van der Waals surface area (Å²) in [5.41, 5.74) is 3.28. The molecule has 1 aromatic rings. The van der Waals surface area contributed by atoms with Crippen LogP contribution in [0.2, 0.25) is 0 Å². The summed E-state index contributed by atoms with van der Waals surface area (Å²) in [6.07, 6.45) is 3.20. The maximum Gasteiger partial charge on any atom is 0.254 e. The molecule has 0 saturated heterocycles. The van der Waals surface area contributed by atoms with E-state index in [1.807, 2.05) is 24.9 Å². The molecular formula is C15H22N2O. The summed E-state index contributed by atoms with van der Waals surface area (Å²) < 4.78 is 0. The lowest BCUT2D eigenvalue weighted by Gasteiger charge is -2.28. The van der Waals surface area contributed by atoms with Gasteiger partial charge in [-0.15, -0.1) is 0 Å². The maximum absolute atomic E-state index is 12.3. The van der Waals surface area contributed by atoms with Crippen LogP contribution in [-0.2, 0) is 6.42 Å². The Morgan fingerprint density at radius 1 is 1.33 bits per heavy atom. The molecule has 0 radical (unpaired) electrons. The van der Waals surface area contributed by atoms with E-state index in [2.05, 4.69) is 17.4 Å². The third-order valence-corrected chi connectivity index (χ3v) is 3.54. The second kappa shape index (κ2) is 6.01. The number of carbonyl (C=O) groups excluding carboxylic acids is 1. The summed E-state index contributed by atoms with van der Waals surface area (Å²) in [4.78, 5) is 14.3. The zero-order valence-electron chi connectivity index (χ0n) is 11.3. The van der Waals surface area contributed by atoms with Gasteiger partial charge in [-0.25, -0.2) is 0 Å². The van der Waals surface area contributed by atoms with Crippen molar-refractivity contribution in [2.75, 3.05) is 26.7 Å². The molecule has 3 heteroatoms. The molecule has 0 fully saturated rings. The molecule has 0 saturated carbocycles. The van der Waals surface area contributed by atoms with Crippen molar-refractivity contribution in [3.63, 3.8) is 0 Å². The van der Waals surface area contributed by atoms with Crippen LogP contribution in [0.1, 0.15) is 34.3 Å². The van der Waals surface area contributed by atoms with Crippen LogP contribution in [0.4, 0.5) is 0 Å². The number of unbranched alkanes of at least 4 members (excludes halogenated alkanes) is 1. The molecule has 3 nitrogen and oxygen atoms in total. The van der Waals surface area contributed by atoms with Crippen molar-refractivity contribution in [1.29, 1.82) is 0 Å². The fourth-order valence-electron chi connectivity index (χ4n) is 2.45. The van der Waals surface area contributed by atoms with Gasteiger partial charge in [0.2, 0.25) is 0 Å². The molecule has 0 atom stereocenters. The molecule has 98 valence electrons. The Labute approximate surface area is 109 Å². The molecule has 0 aliphatic carbocycles. The van der Waals surface area contributed by atoms with E-state index >= 15 is 0 Å². The zero-order valence-corrected chi connectivity index (χ0v) is 11.3. The van der Waals surface area contributed by atoms with Crippen molar-refractivity contribution < 1.29 is 4.79 Å². The van der Waals surface area contributed by atoms with Crippen molar-refractivity contribution in [3.05, 3.63) is 34.9 Å². The third-order valence-electron chi connectivity index (χ3n) is 3.54. The van der Waals surface area contributed by atoms with E-state index in [0.717, 1.165) is 44.5 Å². The van der Waals surface area contributed by atoms with E-state index in [0.29, 0.717) is 0 Å². The van der Waals surface area contributed by atoms with Crippen molar-refractivity contribution in [1.82, 2.24) is 10.2 Å². The van der Waals surface area contributed by atoms with E-state index in [1.54, 1.807) is 0 Å². The molecule has 1 amide bonds. The Kier molecular flexibility index (Phi) is 4.37. The van der Waals surface area contributed by atoms with Crippen LogP contribution >= 0.6 is 0 Å². The number of benzene rings is 1. The fraction of sp³-hybridized carbons (Fsp3) is 0.533. The van der Waals surface area contributed by atoms with Gasteiger partial charge in [0, 0.05) is 18.7 Å². The topological polar surface area (TPSA) is 32.3 Å². The monoisotopic (exact) mass is 246 g/mol. The summed E-state index contributed by atoms with van der Waals surface area (Å²) in [7, 11) is 1.96. The average Bonchev–Trinajstić information content (AvgIpc) is 2.38. The van der Waals surface area contributed by atoms with Gasteiger partial charge in [0.25, 0.3) is 5.91 Å². The molecule has 2 rings (SSSR count). The smallest absolute Gasteiger partial charge is 0.254 e. The first-order valence-electron chi connectivity index (χ1n) is 6.76. The minimum absolute atomic E-state index is 0.212. The highest BCUT2D eigenvalue weighted by atomic mass is 16.2. The number of hydrogen-bond donors (Lipinski definition) is 1. The largest absolute Gasteiger partial charge is 0.338 e. The molecule has 18 heavy (non-hydrogen) atoms. The van der Waals surface area contributed by atoms with Gasteiger partial charge in [-0.2, -0.15) is 0 Å². The Balaban J connectivity index is 1.99. The summed E-state index contributed by atoms with van der Waals surface area (Å²) in [6, 6.07) is 6.22. The maximum atomic E-state index is 12.3. The Morgan fingerprint density at radius 2 is 2.17 bits per heavy atom. The number of rotatable bonds is 5. The molecule has 1 aliphatic heterocycles. The van der Waals surface area contributed by atoms with Crippen LogP contribution < -0.4 is 5.32 Å². The quantitative estimate of drug-likeness (QED) is 0.806. The van der Waals surface area contributed by atoms with Crippen LogP contribution in [0.25, 0.3) is 0 Å². The van der Waals surface area contributed by atoms with Crippen molar-refractivity contribution >= 4 is 5.91 Å². The molecule has 0 unspecified atom stereocenters. The van der Waals surface area contributed by atoms with Gasteiger partial charge in [0.1, 0.15) is 0 Å². The summed E-state index contributed by atoms with van der Waals surface area (Å²) in [5.74, 6) is 0.212. The number of aryl methyl sites for hydroxylation is 1. The molecule has 0 bridgehead atoms. The first kappa shape index (κ1) is 13.1. The summed E-state index contributed by atoms with van der Waals surface area (Å²) in [6.45, 7) is 4.82. The average molecular weight is 246 g/mol. The predicted molar refractivity (Wildman–Crippen MR) is 73.9 cm³/mol. The van der Waals surface area contributed by atoms with E-state index in [1.165, 1.54) is 11.1 Å². The fourth-order valence-corrected chi connectivity index (χ4v) is 2.45. The zero-order chi connectivity index (χ0) is 13.0. The predicted octanol–water partition coefficient (Wildman–Crippen LogP) is 1.99. The first-order valence-corrected chi connectivity index (χ1v) is 6.76. The van der Waals surface area contributed by atoms with Crippen molar-refractivity contribution in [2.45, 2.75) is 26.2 Å². The number of carbonyl (C=O) groups is 1. The molecule has 1 aliphatic rings. The van der Waals surface area contributed by atoms with Gasteiger partial charge >= 0.3 is 0 Å². The first-order chi connectivity index (χ1) is 8.72. The number of amides is 1. The Bertz CT molecular complexity index is 429. The lowest BCUT2D eigenvalue weighted by Crippen LogP contribution is -2.38. The number of nitrogens with zero attached hydrogens (tertiary/aromatic N) is 1. The van der Waals surface area contributed by atoms with E-state index in [4.69, 9.17) is 0 Å². The second-order valence-electron chi connectivity index (χ2n) is 5.01. The minimum Gasteiger partial charge on any atom is -0.338 e. The lowest BCUT2D eigenvalue weighted by atomic mass is 9.97. The number of fused-ring (bicyclic) bond motifs is 1. The van der Waals surface area contributed by atoms with Gasteiger partial charge < -0.3 is 10.2 Å². The Hall–Kier alpha value is -1.35. The minimum atomic E-state index is 0.212. The molecule has 0 spiro atoms. The summed E-state index contributed by atoms with van der Waals surface area (Å²) in [5, 5.41) is 3.14. The van der Waals surface area contributed by atoms with Gasteiger partial charge in [-0.05, 0) is 51.4 Å². The highest BCUT2D eigenvalue weighted by Gasteiger charge is 2.23. The highest BCUT2D eigenvalue weighted by molar-refractivity contribution is 5.96. The van der Waals surface area contributed by atoms with Crippen LogP contribution in [-0.4, -0.2) is 37.5 Å².